The number of benzene rings is 2. The van der Waals surface area contributed by atoms with Gasteiger partial charge in [-0.3, -0.25) is 14.5 Å². The smallest absolute Gasteiger partial charge is 0.255 e. The Hall–Kier alpha value is -2.87. The van der Waals surface area contributed by atoms with E-state index in [0.717, 1.165) is 9.21 Å². The van der Waals surface area contributed by atoms with E-state index in [1.807, 2.05) is 36.2 Å². The minimum absolute atomic E-state index is 0.133. The van der Waals surface area contributed by atoms with Crippen molar-refractivity contribution >= 4 is 46.1 Å². The fourth-order valence-electron chi connectivity index (χ4n) is 2.85. The van der Waals surface area contributed by atoms with E-state index in [1.54, 1.807) is 43.5 Å². The van der Waals surface area contributed by atoms with E-state index < -0.39 is 0 Å². The lowest BCUT2D eigenvalue weighted by Gasteiger charge is -2.15. The highest BCUT2D eigenvalue weighted by atomic mass is 35.5. The summed E-state index contributed by atoms with van der Waals surface area (Å²) in [6, 6.07) is 17.7. The summed E-state index contributed by atoms with van der Waals surface area (Å²) >= 11 is 7.44. The SMILES string of the molecule is COc1ccccc1NC(=O)c1ccc(NC(=O)CN(C)Cc2ccc(Cl)s2)cc1. The van der Waals surface area contributed by atoms with Gasteiger partial charge in [0, 0.05) is 22.7 Å². The zero-order valence-electron chi connectivity index (χ0n) is 16.6. The molecule has 0 saturated carbocycles. The first-order valence-electron chi connectivity index (χ1n) is 9.21. The predicted octanol–water partition coefficient (Wildman–Crippen LogP) is 4.73. The Labute approximate surface area is 184 Å². The third kappa shape index (κ3) is 6.06. The first-order valence-corrected chi connectivity index (χ1v) is 10.4. The number of methoxy groups -OCH3 is 1. The van der Waals surface area contributed by atoms with Gasteiger partial charge in [0.05, 0.1) is 23.7 Å². The Morgan fingerprint density at radius 2 is 1.77 bits per heavy atom. The fraction of sp³-hybridized carbons (Fsp3) is 0.182. The van der Waals surface area contributed by atoms with Crippen LogP contribution < -0.4 is 15.4 Å². The molecule has 3 rings (SSSR count). The summed E-state index contributed by atoms with van der Waals surface area (Å²) in [4.78, 5) is 27.8. The molecule has 1 heterocycles. The maximum atomic E-state index is 12.5. The van der Waals surface area contributed by atoms with E-state index in [0.29, 0.717) is 29.2 Å². The van der Waals surface area contributed by atoms with Gasteiger partial charge in [-0.05, 0) is 55.6 Å². The van der Waals surface area contributed by atoms with Crippen LogP contribution in [0.4, 0.5) is 11.4 Å². The molecule has 0 aliphatic heterocycles. The molecule has 2 amide bonds. The van der Waals surface area contributed by atoms with Crippen molar-refractivity contribution in [3.63, 3.8) is 0 Å². The molecule has 0 radical (unpaired) electrons. The van der Waals surface area contributed by atoms with Gasteiger partial charge < -0.3 is 15.4 Å². The standard InChI is InChI=1S/C22H22ClN3O3S/c1-26(13-17-11-12-20(23)30-17)14-21(27)24-16-9-7-15(8-10-16)22(28)25-18-5-3-4-6-19(18)29-2/h3-12H,13-14H2,1-2H3,(H,24,27)(H,25,28). The van der Waals surface area contributed by atoms with Crippen LogP contribution in [0.15, 0.2) is 60.7 Å². The van der Waals surface area contributed by atoms with Gasteiger partial charge in [0.1, 0.15) is 5.75 Å². The van der Waals surface area contributed by atoms with Gasteiger partial charge >= 0.3 is 0 Å². The molecule has 0 aliphatic carbocycles. The molecule has 1 aromatic heterocycles. The molecule has 0 atom stereocenters. The van der Waals surface area contributed by atoms with Crippen molar-refractivity contribution in [3.05, 3.63) is 75.4 Å². The van der Waals surface area contributed by atoms with Gasteiger partial charge in [0.25, 0.3) is 5.91 Å². The molecule has 156 valence electrons. The van der Waals surface area contributed by atoms with E-state index >= 15 is 0 Å². The predicted molar refractivity (Wildman–Crippen MR) is 122 cm³/mol. The van der Waals surface area contributed by atoms with Crippen molar-refractivity contribution in [2.75, 3.05) is 31.3 Å². The highest BCUT2D eigenvalue weighted by Crippen LogP contribution is 2.24. The minimum Gasteiger partial charge on any atom is -0.495 e. The number of carbonyl (C=O) groups excluding carboxylic acids is 2. The molecule has 6 nitrogen and oxygen atoms in total. The molecule has 0 aliphatic rings. The number of hydrogen-bond donors (Lipinski definition) is 2. The molecule has 0 unspecified atom stereocenters. The third-order valence-corrected chi connectivity index (χ3v) is 5.47. The normalized spacial score (nSPS) is 10.7. The van der Waals surface area contributed by atoms with Crippen LogP contribution in [0.5, 0.6) is 5.75 Å². The van der Waals surface area contributed by atoms with Crippen LogP contribution in [0.25, 0.3) is 0 Å². The molecule has 0 fully saturated rings. The number of ether oxygens (including phenoxy) is 1. The third-order valence-electron chi connectivity index (χ3n) is 4.25. The monoisotopic (exact) mass is 443 g/mol. The lowest BCUT2D eigenvalue weighted by atomic mass is 10.2. The molecule has 0 saturated heterocycles. The second-order valence-corrected chi connectivity index (χ2v) is 8.46. The van der Waals surface area contributed by atoms with Crippen molar-refractivity contribution in [1.29, 1.82) is 0 Å². The molecule has 30 heavy (non-hydrogen) atoms. The Bertz CT molecular complexity index is 1020. The minimum atomic E-state index is -0.258. The Morgan fingerprint density at radius 1 is 1.03 bits per heavy atom. The fourth-order valence-corrected chi connectivity index (χ4v) is 4.02. The molecule has 2 aromatic carbocycles. The van der Waals surface area contributed by atoms with Crippen LogP contribution in [0, 0.1) is 0 Å². The van der Waals surface area contributed by atoms with Gasteiger partial charge in [0.2, 0.25) is 5.91 Å². The van der Waals surface area contributed by atoms with Gasteiger partial charge in [0.15, 0.2) is 0 Å². The van der Waals surface area contributed by atoms with Crippen molar-refractivity contribution < 1.29 is 14.3 Å². The number of halogens is 1. The molecule has 8 heteroatoms. The molecule has 2 N–H and O–H groups in total. The molecule has 3 aromatic rings. The van der Waals surface area contributed by atoms with Gasteiger partial charge in [-0.15, -0.1) is 11.3 Å². The van der Waals surface area contributed by atoms with Crippen LogP contribution in [-0.4, -0.2) is 37.4 Å². The van der Waals surface area contributed by atoms with Gasteiger partial charge in [-0.2, -0.15) is 0 Å². The summed E-state index contributed by atoms with van der Waals surface area (Å²) in [5.41, 5.74) is 1.70. The lowest BCUT2D eigenvalue weighted by Crippen LogP contribution is -2.29. The van der Waals surface area contributed by atoms with Crippen LogP contribution in [0.2, 0.25) is 4.34 Å². The summed E-state index contributed by atoms with van der Waals surface area (Å²) < 4.78 is 5.98. The van der Waals surface area contributed by atoms with Crippen molar-refractivity contribution in [1.82, 2.24) is 4.90 Å². The van der Waals surface area contributed by atoms with E-state index in [-0.39, 0.29) is 18.4 Å². The number of nitrogens with one attached hydrogen (secondary N) is 2. The number of para-hydroxylation sites is 2. The number of nitrogens with zero attached hydrogens (tertiary/aromatic N) is 1. The number of anilines is 2. The van der Waals surface area contributed by atoms with Gasteiger partial charge in [-0.1, -0.05) is 23.7 Å². The second-order valence-electron chi connectivity index (χ2n) is 6.66. The van der Waals surface area contributed by atoms with E-state index in [2.05, 4.69) is 10.6 Å². The van der Waals surface area contributed by atoms with Crippen LogP contribution >= 0.6 is 22.9 Å². The average molecular weight is 444 g/mol. The topological polar surface area (TPSA) is 70.7 Å². The summed E-state index contributed by atoms with van der Waals surface area (Å²) in [6.45, 7) is 0.887. The number of likely N-dealkylation sites (N-methyl/N-ethyl adjacent to an activating group) is 1. The number of rotatable bonds is 8. The van der Waals surface area contributed by atoms with E-state index in [4.69, 9.17) is 16.3 Å². The molecular formula is C22H22ClN3O3S. The van der Waals surface area contributed by atoms with E-state index in [9.17, 15) is 9.59 Å². The highest BCUT2D eigenvalue weighted by molar-refractivity contribution is 7.16. The van der Waals surface area contributed by atoms with Gasteiger partial charge in [-0.25, -0.2) is 0 Å². The number of carbonyl (C=O) groups is 2. The molecule has 0 bridgehead atoms. The first-order chi connectivity index (χ1) is 14.4. The summed E-state index contributed by atoms with van der Waals surface area (Å²) in [5, 5.41) is 5.67. The van der Waals surface area contributed by atoms with Crippen molar-refractivity contribution in [3.8, 4) is 5.75 Å². The van der Waals surface area contributed by atoms with Crippen LogP contribution in [-0.2, 0) is 11.3 Å². The van der Waals surface area contributed by atoms with E-state index in [1.165, 1.54) is 11.3 Å². The lowest BCUT2D eigenvalue weighted by molar-refractivity contribution is -0.117. The first kappa shape index (κ1) is 21.8. The summed E-state index contributed by atoms with van der Waals surface area (Å²) in [7, 11) is 3.42. The van der Waals surface area contributed by atoms with Crippen molar-refractivity contribution in [2.24, 2.45) is 0 Å². The summed E-state index contributed by atoms with van der Waals surface area (Å²) in [6.07, 6.45) is 0. The zero-order valence-corrected chi connectivity index (χ0v) is 18.2. The molecule has 0 spiro atoms. The quantitative estimate of drug-likeness (QED) is 0.528. The highest BCUT2D eigenvalue weighted by Gasteiger charge is 2.11. The van der Waals surface area contributed by atoms with Crippen LogP contribution in [0.1, 0.15) is 15.2 Å². The number of amides is 2. The summed E-state index contributed by atoms with van der Waals surface area (Å²) in [5.74, 6) is 0.196. The number of thiophene rings is 1. The largest absolute Gasteiger partial charge is 0.495 e. The maximum Gasteiger partial charge on any atom is 0.255 e. The zero-order chi connectivity index (χ0) is 21.5. The Balaban J connectivity index is 1.53. The second kappa shape index (κ2) is 10.2. The average Bonchev–Trinajstić information content (AvgIpc) is 3.13. The van der Waals surface area contributed by atoms with Crippen molar-refractivity contribution in [2.45, 2.75) is 6.54 Å². The number of hydrogen-bond acceptors (Lipinski definition) is 5. The Kier molecular flexibility index (Phi) is 7.46. The molecular weight excluding hydrogens is 422 g/mol. The Morgan fingerprint density at radius 3 is 2.43 bits per heavy atom. The van der Waals surface area contributed by atoms with Crippen LogP contribution in [0.3, 0.4) is 0 Å². The maximum absolute atomic E-state index is 12.5.